The van der Waals surface area contributed by atoms with Crippen molar-refractivity contribution in [3.8, 4) is 0 Å². The fourth-order valence-corrected chi connectivity index (χ4v) is 3.66. The van der Waals surface area contributed by atoms with E-state index in [1.165, 1.54) is 4.21 Å². The smallest absolute Gasteiger partial charge is 0.232 e. The maximum Gasteiger partial charge on any atom is 0.232 e. The Kier molecular flexibility index (Phi) is 4.48. The summed E-state index contributed by atoms with van der Waals surface area (Å²) in [7, 11) is 0. The number of amides is 1. The molecule has 0 saturated carbocycles. The number of rotatable bonds is 4. The van der Waals surface area contributed by atoms with Gasteiger partial charge < -0.3 is 10.0 Å². The largest absolute Gasteiger partial charge is 0.393 e. The molecule has 5 heteroatoms. The fraction of sp³-hybridized carbons (Fsp3) is 0.583. The van der Waals surface area contributed by atoms with Gasteiger partial charge in [-0.2, -0.15) is 0 Å². The molecule has 17 heavy (non-hydrogen) atoms. The van der Waals surface area contributed by atoms with Crippen LogP contribution in [0, 0.1) is 5.92 Å². The van der Waals surface area contributed by atoms with Crippen LogP contribution >= 0.6 is 23.1 Å². The fourth-order valence-electron chi connectivity index (χ4n) is 1.98. The molecule has 2 unspecified atom stereocenters. The van der Waals surface area contributed by atoms with E-state index in [9.17, 15) is 9.90 Å². The summed E-state index contributed by atoms with van der Waals surface area (Å²) in [5, 5.41) is 11.5. The zero-order chi connectivity index (χ0) is 12.3. The van der Waals surface area contributed by atoms with Crippen molar-refractivity contribution < 1.29 is 9.90 Å². The quantitative estimate of drug-likeness (QED) is 0.852. The molecule has 2 heterocycles. The highest BCUT2D eigenvalue weighted by Crippen LogP contribution is 2.25. The summed E-state index contributed by atoms with van der Waals surface area (Å²) in [4.78, 5) is 13.8. The lowest BCUT2D eigenvalue weighted by Gasteiger charge is -2.17. The number of carbonyl (C=O) groups excluding carboxylic acids is 1. The molecule has 0 bridgehead atoms. The molecule has 0 aromatic carbocycles. The molecule has 2 atom stereocenters. The summed E-state index contributed by atoms with van der Waals surface area (Å²) in [5.41, 5.74) is 0. The van der Waals surface area contributed by atoms with Crippen LogP contribution < -0.4 is 0 Å². The SMILES string of the molecule is CC(O)C1CCN(C(=O)CSc2cccs2)C1. The molecule has 1 aliphatic rings. The van der Waals surface area contributed by atoms with Crippen LogP contribution in [0.5, 0.6) is 0 Å². The Bertz CT molecular complexity index is 365. The topological polar surface area (TPSA) is 40.5 Å². The van der Waals surface area contributed by atoms with E-state index in [1.807, 2.05) is 22.4 Å². The average Bonchev–Trinajstić information content (AvgIpc) is 2.96. The molecule has 0 spiro atoms. The first-order valence-electron chi connectivity index (χ1n) is 5.79. The van der Waals surface area contributed by atoms with Gasteiger partial charge in [-0.1, -0.05) is 6.07 Å². The van der Waals surface area contributed by atoms with Crippen molar-refractivity contribution in [2.24, 2.45) is 5.92 Å². The van der Waals surface area contributed by atoms with Gasteiger partial charge in [0.2, 0.25) is 5.91 Å². The molecule has 3 nitrogen and oxygen atoms in total. The summed E-state index contributed by atoms with van der Waals surface area (Å²) in [6, 6.07) is 4.03. The lowest BCUT2D eigenvalue weighted by molar-refractivity contribution is -0.127. The summed E-state index contributed by atoms with van der Waals surface area (Å²) in [6.07, 6.45) is 0.616. The third-order valence-corrected chi connectivity index (χ3v) is 5.21. The predicted molar refractivity (Wildman–Crippen MR) is 71.4 cm³/mol. The van der Waals surface area contributed by atoms with Crippen molar-refractivity contribution in [1.82, 2.24) is 4.90 Å². The van der Waals surface area contributed by atoms with Crippen LogP contribution in [0.3, 0.4) is 0 Å². The molecule has 1 amide bonds. The minimum absolute atomic E-state index is 0.187. The third-order valence-electron chi connectivity index (χ3n) is 3.09. The first-order chi connectivity index (χ1) is 8.16. The number of aliphatic hydroxyl groups is 1. The summed E-state index contributed by atoms with van der Waals surface area (Å²) in [6.45, 7) is 3.31. The molecule has 1 N–H and O–H groups in total. The molecule has 0 aliphatic carbocycles. The van der Waals surface area contributed by atoms with Gasteiger partial charge in [0, 0.05) is 19.0 Å². The molecule has 1 aromatic rings. The van der Waals surface area contributed by atoms with E-state index in [4.69, 9.17) is 0 Å². The Morgan fingerprint density at radius 3 is 3.18 bits per heavy atom. The van der Waals surface area contributed by atoms with Gasteiger partial charge in [-0.15, -0.1) is 23.1 Å². The van der Waals surface area contributed by atoms with Crippen LogP contribution in [0.25, 0.3) is 0 Å². The number of hydrogen-bond acceptors (Lipinski definition) is 4. The highest BCUT2D eigenvalue weighted by Gasteiger charge is 2.28. The van der Waals surface area contributed by atoms with Gasteiger partial charge in [-0.25, -0.2) is 0 Å². The molecular formula is C12H17NO2S2. The van der Waals surface area contributed by atoms with Crippen LogP contribution in [0.4, 0.5) is 0 Å². The number of carbonyl (C=O) groups is 1. The van der Waals surface area contributed by atoms with Gasteiger partial charge in [-0.05, 0) is 24.8 Å². The first kappa shape index (κ1) is 12.9. The zero-order valence-electron chi connectivity index (χ0n) is 9.83. The number of aliphatic hydroxyl groups excluding tert-OH is 1. The molecule has 0 radical (unpaired) electrons. The van der Waals surface area contributed by atoms with Gasteiger partial charge in [0.05, 0.1) is 16.1 Å². The van der Waals surface area contributed by atoms with Gasteiger partial charge in [0.1, 0.15) is 0 Å². The van der Waals surface area contributed by atoms with Gasteiger partial charge in [0.15, 0.2) is 0 Å². The molecule has 1 saturated heterocycles. The number of hydrogen-bond donors (Lipinski definition) is 1. The summed E-state index contributed by atoms with van der Waals surface area (Å²) in [5.74, 6) is 0.949. The van der Waals surface area contributed by atoms with E-state index in [2.05, 4.69) is 0 Å². The number of nitrogens with zero attached hydrogens (tertiary/aromatic N) is 1. The first-order valence-corrected chi connectivity index (χ1v) is 7.65. The normalized spacial score (nSPS) is 21.8. The number of thioether (sulfide) groups is 1. The molecule has 1 aromatic heterocycles. The monoisotopic (exact) mass is 271 g/mol. The summed E-state index contributed by atoms with van der Waals surface area (Å²) < 4.78 is 1.18. The van der Waals surface area contributed by atoms with Crippen LogP contribution in [0.1, 0.15) is 13.3 Å². The van der Waals surface area contributed by atoms with Gasteiger partial charge >= 0.3 is 0 Å². The van der Waals surface area contributed by atoms with Crippen molar-refractivity contribution >= 4 is 29.0 Å². The van der Waals surface area contributed by atoms with Gasteiger partial charge in [-0.3, -0.25) is 4.79 Å². The highest BCUT2D eigenvalue weighted by molar-refractivity contribution is 8.01. The Morgan fingerprint density at radius 2 is 2.59 bits per heavy atom. The van der Waals surface area contributed by atoms with Crippen molar-refractivity contribution in [2.75, 3.05) is 18.8 Å². The van der Waals surface area contributed by atoms with E-state index in [0.29, 0.717) is 12.3 Å². The minimum Gasteiger partial charge on any atom is -0.393 e. The lowest BCUT2D eigenvalue weighted by atomic mass is 10.0. The molecule has 1 fully saturated rings. The van der Waals surface area contributed by atoms with Crippen molar-refractivity contribution in [1.29, 1.82) is 0 Å². The lowest BCUT2D eigenvalue weighted by Crippen LogP contribution is -2.31. The van der Waals surface area contributed by atoms with Crippen molar-refractivity contribution in [3.05, 3.63) is 17.5 Å². The van der Waals surface area contributed by atoms with Crippen LogP contribution in [-0.4, -0.2) is 40.9 Å². The Balaban J connectivity index is 1.77. The maximum atomic E-state index is 11.9. The second-order valence-corrected chi connectivity index (χ2v) is 6.57. The van der Waals surface area contributed by atoms with E-state index in [-0.39, 0.29) is 17.9 Å². The standard InChI is InChI=1S/C12H17NO2S2/c1-9(14)10-4-5-13(7-10)11(15)8-17-12-3-2-6-16-12/h2-3,6,9-10,14H,4-5,7-8H2,1H3. The van der Waals surface area contributed by atoms with Crippen LogP contribution in [-0.2, 0) is 4.79 Å². The molecular weight excluding hydrogens is 254 g/mol. The number of thiophene rings is 1. The zero-order valence-corrected chi connectivity index (χ0v) is 11.5. The Hall–Kier alpha value is -0.520. The second kappa shape index (κ2) is 5.89. The molecule has 2 rings (SSSR count). The van der Waals surface area contributed by atoms with Gasteiger partial charge in [0.25, 0.3) is 0 Å². The van der Waals surface area contributed by atoms with E-state index in [1.54, 1.807) is 30.0 Å². The van der Waals surface area contributed by atoms with E-state index < -0.39 is 0 Å². The summed E-state index contributed by atoms with van der Waals surface area (Å²) >= 11 is 3.26. The van der Waals surface area contributed by atoms with Crippen LogP contribution in [0.2, 0.25) is 0 Å². The van der Waals surface area contributed by atoms with E-state index >= 15 is 0 Å². The Labute approximate surface area is 110 Å². The van der Waals surface area contributed by atoms with Crippen molar-refractivity contribution in [3.63, 3.8) is 0 Å². The van der Waals surface area contributed by atoms with Crippen LogP contribution in [0.15, 0.2) is 21.7 Å². The van der Waals surface area contributed by atoms with E-state index in [0.717, 1.165) is 13.0 Å². The molecule has 1 aliphatic heterocycles. The second-order valence-electron chi connectivity index (χ2n) is 4.35. The predicted octanol–water partition coefficient (Wildman–Crippen LogP) is 2.07. The highest BCUT2D eigenvalue weighted by atomic mass is 32.2. The number of likely N-dealkylation sites (tertiary alicyclic amines) is 1. The maximum absolute atomic E-state index is 11.9. The van der Waals surface area contributed by atoms with Crippen molar-refractivity contribution in [2.45, 2.75) is 23.7 Å². The Morgan fingerprint density at radius 1 is 1.76 bits per heavy atom. The third kappa shape index (κ3) is 3.47. The average molecular weight is 271 g/mol. The molecule has 94 valence electrons. The minimum atomic E-state index is -0.308.